The molecule has 3 rings (SSSR count). The number of nitrogens with one attached hydrogen (secondary N) is 1. The van der Waals surface area contributed by atoms with Gasteiger partial charge in [0.1, 0.15) is 0 Å². The Bertz CT molecular complexity index is 936. The van der Waals surface area contributed by atoms with Crippen molar-refractivity contribution in [1.82, 2.24) is 15.0 Å². The smallest absolute Gasteiger partial charge is 0.250 e. The number of nitrogens with zero attached hydrogens (tertiary/aromatic N) is 2. The topological polar surface area (TPSA) is 129 Å². The van der Waals surface area contributed by atoms with Crippen LogP contribution in [0.3, 0.4) is 0 Å². The van der Waals surface area contributed by atoms with Gasteiger partial charge in [0.05, 0.1) is 36.9 Å². The third kappa shape index (κ3) is 3.09. The second-order valence-corrected chi connectivity index (χ2v) is 5.21. The molecule has 5 N–H and O–H groups in total. The molecule has 0 aliphatic rings. The fourth-order valence-electron chi connectivity index (χ4n) is 2.53. The van der Waals surface area contributed by atoms with E-state index < -0.39 is 5.91 Å². The van der Waals surface area contributed by atoms with E-state index in [1.807, 2.05) is 0 Å². The summed E-state index contributed by atoms with van der Waals surface area (Å²) < 4.78 is 10.5. The molecule has 0 unspecified atom stereocenters. The maximum atomic E-state index is 11.9. The van der Waals surface area contributed by atoms with Crippen molar-refractivity contribution in [3.05, 3.63) is 42.1 Å². The Morgan fingerprint density at radius 3 is 2.52 bits per heavy atom. The van der Waals surface area contributed by atoms with E-state index in [-0.39, 0.29) is 5.95 Å². The fourth-order valence-corrected chi connectivity index (χ4v) is 2.53. The monoisotopic (exact) mass is 339 g/mol. The minimum Gasteiger partial charge on any atom is -0.493 e. The highest BCUT2D eigenvalue weighted by atomic mass is 16.5. The molecular weight excluding hydrogens is 322 g/mol. The molecule has 0 aliphatic carbocycles. The largest absolute Gasteiger partial charge is 0.493 e. The van der Waals surface area contributed by atoms with Crippen molar-refractivity contribution in [1.29, 1.82) is 0 Å². The van der Waals surface area contributed by atoms with E-state index in [1.54, 1.807) is 50.7 Å². The van der Waals surface area contributed by atoms with Gasteiger partial charge in [0.25, 0.3) is 5.91 Å². The molecule has 2 heterocycles. The van der Waals surface area contributed by atoms with Crippen LogP contribution in [0, 0.1) is 0 Å². The van der Waals surface area contributed by atoms with E-state index in [0.29, 0.717) is 34.1 Å². The molecule has 0 saturated heterocycles. The van der Waals surface area contributed by atoms with Gasteiger partial charge >= 0.3 is 0 Å². The maximum absolute atomic E-state index is 11.9. The molecule has 128 valence electrons. The molecule has 1 aromatic carbocycles. The number of primary amides is 1. The summed E-state index contributed by atoms with van der Waals surface area (Å²) >= 11 is 0. The lowest BCUT2D eigenvalue weighted by Crippen LogP contribution is -2.11. The number of carbonyl (C=O) groups excluding carboxylic acids is 1. The van der Waals surface area contributed by atoms with Crippen molar-refractivity contribution in [2.75, 3.05) is 20.0 Å². The number of ether oxygens (including phenoxy) is 2. The van der Waals surface area contributed by atoms with Crippen LogP contribution in [0.4, 0.5) is 5.95 Å². The molecule has 0 radical (unpaired) electrons. The van der Waals surface area contributed by atoms with Gasteiger partial charge in [-0.3, -0.25) is 4.79 Å². The Morgan fingerprint density at radius 2 is 1.88 bits per heavy atom. The van der Waals surface area contributed by atoms with Crippen molar-refractivity contribution >= 4 is 11.9 Å². The highest BCUT2D eigenvalue weighted by molar-refractivity contribution is 6.00. The van der Waals surface area contributed by atoms with Crippen LogP contribution in [-0.4, -0.2) is 35.1 Å². The second kappa shape index (κ2) is 6.52. The van der Waals surface area contributed by atoms with Crippen molar-refractivity contribution in [2.24, 2.45) is 5.73 Å². The van der Waals surface area contributed by atoms with Crippen LogP contribution in [0.25, 0.3) is 22.6 Å². The fraction of sp³-hybridized carbons (Fsp3) is 0.118. The second-order valence-electron chi connectivity index (χ2n) is 5.21. The molecule has 0 fully saturated rings. The van der Waals surface area contributed by atoms with Gasteiger partial charge in [-0.05, 0) is 30.3 Å². The number of nitrogens with two attached hydrogens (primary N) is 2. The molecule has 0 spiro atoms. The number of rotatable bonds is 5. The van der Waals surface area contributed by atoms with Crippen molar-refractivity contribution in [3.8, 4) is 34.1 Å². The molecule has 1 amide bonds. The Hall–Kier alpha value is -3.55. The highest BCUT2D eigenvalue weighted by Gasteiger charge is 2.18. The molecular formula is C17H17N5O3. The first kappa shape index (κ1) is 16.3. The van der Waals surface area contributed by atoms with Crippen LogP contribution in [0.1, 0.15) is 10.4 Å². The van der Waals surface area contributed by atoms with Crippen LogP contribution < -0.4 is 20.9 Å². The van der Waals surface area contributed by atoms with Gasteiger partial charge in [0, 0.05) is 11.8 Å². The summed E-state index contributed by atoms with van der Waals surface area (Å²) in [6, 6.07) is 8.64. The number of nitrogen functional groups attached to an aromatic ring is 1. The molecule has 0 saturated carbocycles. The van der Waals surface area contributed by atoms with Crippen LogP contribution in [0.2, 0.25) is 0 Å². The molecule has 25 heavy (non-hydrogen) atoms. The Balaban J connectivity index is 2.14. The third-order valence-electron chi connectivity index (χ3n) is 3.71. The first-order valence-electron chi connectivity index (χ1n) is 7.37. The lowest BCUT2D eigenvalue weighted by molar-refractivity contribution is 0.100. The van der Waals surface area contributed by atoms with E-state index in [9.17, 15) is 4.79 Å². The average molecular weight is 339 g/mol. The van der Waals surface area contributed by atoms with E-state index >= 15 is 0 Å². The number of benzene rings is 1. The van der Waals surface area contributed by atoms with Gasteiger partial charge in [-0.15, -0.1) is 0 Å². The Labute approximate surface area is 143 Å². The maximum Gasteiger partial charge on any atom is 0.250 e. The van der Waals surface area contributed by atoms with E-state index in [1.165, 1.54) is 0 Å². The number of H-pyrrole nitrogens is 1. The molecule has 2 aromatic heterocycles. The van der Waals surface area contributed by atoms with Crippen molar-refractivity contribution < 1.29 is 14.3 Å². The van der Waals surface area contributed by atoms with Crippen molar-refractivity contribution in [3.63, 3.8) is 0 Å². The number of methoxy groups -OCH3 is 2. The first-order valence-corrected chi connectivity index (χ1v) is 7.37. The minimum absolute atomic E-state index is 0.139. The van der Waals surface area contributed by atoms with Gasteiger partial charge in [0.15, 0.2) is 11.5 Å². The number of hydrogen-bond donors (Lipinski definition) is 3. The normalized spacial score (nSPS) is 10.5. The van der Waals surface area contributed by atoms with Crippen molar-refractivity contribution in [2.45, 2.75) is 0 Å². The SMILES string of the molecule is COc1ccc(-c2[nH]c(-c3ccnc(N)n3)cc2C(N)=O)cc1OC. The van der Waals surface area contributed by atoms with Gasteiger partial charge < -0.3 is 25.9 Å². The average Bonchev–Trinajstić information content (AvgIpc) is 3.07. The number of anilines is 1. The zero-order valence-corrected chi connectivity index (χ0v) is 13.7. The van der Waals surface area contributed by atoms with Gasteiger partial charge in [0.2, 0.25) is 5.95 Å². The number of aromatic amines is 1. The number of hydrogen-bond acceptors (Lipinski definition) is 6. The summed E-state index contributed by atoms with van der Waals surface area (Å²) in [6.07, 6.45) is 1.54. The summed E-state index contributed by atoms with van der Waals surface area (Å²) in [5.41, 5.74) is 13.9. The molecule has 8 heteroatoms. The van der Waals surface area contributed by atoms with Crippen LogP contribution in [-0.2, 0) is 0 Å². The molecule has 3 aromatic rings. The van der Waals surface area contributed by atoms with Gasteiger partial charge in [-0.1, -0.05) is 0 Å². The zero-order chi connectivity index (χ0) is 18.0. The summed E-state index contributed by atoms with van der Waals surface area (Å²) in [4.78, 5) is 23.1. The van der Waals surface area contributed by atoms with Gasteiger partial charge in [-0.2, -0.15) is 0 Å². The predicted molar refractivity (Wildman–Crippen MR) is 93.3 cm³/mol. The summed E-state index contributed by atoms with van der Waals surface area (Å²) in [5.74, 6) is 0.704. The van der Waals surface area contributed by atoms with Gasteiger partial charge in [-0.25, -0.2) is 9.97 Å². The molecule has 0 aliphatic heterocycles. The van der Waals surface area contributed by atoms with Crippen LogP contribution in [0.15, 0.2) is 36.5 Å². The molecule has 0 atom stereocenters. The van der Waals surface area contributed by atoms with E-state index in [2.05, 4.69) is 15.0 Å². The number of carbonyl (C=O) groups is 1. The minimum atomic E-state index is -0.561. The highest BCUT2D eigenvalue weighted by Crippen LogP contribution is 2.34. The van der Waals surface area contributed by atoms with Crippen LogP contribution in [0.5, 0.6) is 11.5 Å². The standard InChI is InChI=1S/C17H17N5O3/c1-24-13-4-3-9(7-14(13)25-2)15-10(16(18)23)8-12(21-15)11-5-6-20-17(19)22-11/h3-8,21H,1-2H3,(H2,18,23)(H2,19,20,22). The zero-order valence-electron chi connectivity index (χ0n) is 13.7. The summed E-state index contributed by atoms with van der Waals surface area (Å²) in [5, 5.41) is 0. The summed E-state index contributed by atoms with van der Waals surface area (Å²) in [7, 11) is 3.10. The first-order chi connectivity index (χ1) is 12.0. The van der Waals surface area contributed by atoms with Crippen LogP contribution >= 0.6 is 0 Å². The third-order valence-corrected chi connectivity index (χ3v) is 3.71. The number of aromatic nitrogens is 3. The Morgan fingerprint density at radius 1 is 1.12 bits per heavy atom. The predicted octanol–water partition coefficient (Wildman–Crippen LogP) is 1.84. The summed E-state index contributed by atoms with van der Waals surface area (Å²) in [6.45, 7) is 0. The van der Waals surface area contributed by atoms with E-state index in [4.69, 9.17) is 20.9 Å². The van der Waals surface area contributed by atoms with E-state index in [0.717, 1.165) is 5.56 Å². The molecule has 8 nitrogen and oxygen atoms in total. The quantitative estimate of drug-likeness (QED) is 0.650. The molecule has 0 bridgehead atoms. The lowest BCUT2D eigenvalue weighted by atomic mass is 10.1. The lowest BCUT2D eigenvalue weighted by Gasteiger charge is -2.09. The number of amides is 1. The Kier molecular flexibility index (Phi) is 4.25.